The van der Waals surface area contributed by atoms with Gasteiger partial charge < -0.3 is 14.9 Å². The molecule has 0 atom stereocenters. The fraction of sp³-hybridized carbons (Fsp3) is 0.278. The number of nitrogens with one attached hydrogen (secondary N) is 1. The first-order valence-electron chi connectivity index (χ1n) is 16.0. The van der Waals surface area contributed by atoms with Crippen LogP contribution >= 0.6 is 0 Å². The average molecular weight is 628 g/mol. The zero-order valence-electron chi connectivity index (χ0n) is 25.9. The first kappa shape index (κ1) is 29.1. The van der Waals surface area contributed by atoms with Crippen LogP contribution in [0.2, 0.25) is 0 Å². The highest BCUT2D eigenvalue weighted by molar-refractivity contribution is 5.95. The Morgan fingerprint density at radius 3 is 2.74 bits per heavy atom. The molecule has 2 aliphatic rings. The molecule has 6 heterocycles. The van der Waals surface area contributed by atoms with Gasteiger partial charge in [0.1, 0.15) is 17.8 Å². The van der Waals surface area contributed by atoms with Gasteiger partial charge in [-0.15, -0.1) is 0 Å². The summed E-state index contributed by atoms with van der Waals surface area (Å²) in [4.78, 5) is 38.3. The molecule has 4 aromatic heterocycles. The van der Waals surface area contributed by atoms with Crippen LogP contribution < -0.4 is 0 Å². The normalized spacial score (nSPS) is 16.8. The molecule has 0 unspecified atom stereocenters. The third-order valence-corrected chi connectivity index (χ3v) is 9.82. The van der Waals surface area contributed by atoms with Crippen molar-refractivity contribution in [3.8, 4) is 22.4 Å². The van der Waals surface area contributed by atoms with Crippen LogP contribution in [0.1, 0.15) is 29.6 Å². The SMILES string of the molecule is C=NCCC1(n2cc(-c3ncnc4[nH]ccc34)cn2)CN(C2CCN(C(=O)c3ccc(-c4ccc5ncccc5c4)c(F)c3)CC2)C1. The Morgan fingerprint density at radius 2 is 1.91 bits per heavy atom. The van der Waals surface area contributed by atoms with Gasteiger partial charge in [0.2, 0.25) is 0 Å². The second-order valence-corrected chi connectivity index (χ2v) is 12.6. The summed E-state index contributed by atoms with van der Waals surface area (Å²) < 4.78 is 17.4. The van der Waals surface area contributed by atoms with Gasteiger partial charge in [-0.2, -0.15) is 5.10 Å². The number of aromatic amines is 1. The van der Waals surface area contributed by atoms with Crippen molar-refractivity contribution in [2.24, 2.45) is 4.99 Å². The van der Waals surface area contributed by atoms with Crippen LogP contribution in [0, 0.1) is 5.82 Å². The van der Waals surface area contributed by atoms with E-state index in [0.29, 0.717) is 36.8 Å². The Balaban J connectivity index is 0.918. The van der Waals surface area contributed by atoms with Gasteiger partial charge in [0.15, 0.2) is 0 Å². The molecular weight excluding hydrogens is 593 g/mol. The van der Waals surface area contributed by atoms with Gasteiger partial charge in [-0.25, -0.2) is 14.4 Å². The quantitative estimate of drug-likeness (QED) is 0.221. The van der Waals surface area contributed by atoms with E-state index < -0.39 is 5.82 Å². The number of halogens is 1. The summed E-state index contributed by atoms with van der Waals surface area (Å²) >= 11 is 0. The minimum absolute atomic E-state index is 0.128. The highest BCUT2D eigenvalue weighted by atomic mass is 19.1. The van der Waals surface area contributed by atoms with E-state index in [4.69, 9.17) is 5.10 Å². The van der Waals surface area contributed by atoms with Crippen LogP contribution in [-0.2, 0) is 5.54 Å². The van der Waals surface area contributed by atoms with Gasteiger partial charge in [0.05, 0.1) is 22.9 Å². The summed E-state index contributed by atoms with van der Waals surface area (Å²) in [5, 5.41) is 6.70. The number of likely N-dealkylation sites (tertiary alicyclic amines) is 2. The Morgan fingerprint density at radius 1 is 1.04 bits per heavy atom. The minimum Gasteiger partial charge on any atom is -0.346 e. The lowest BCUT2D eigenvalue weighted by Gasteiger charge is -2.54. The van der Waals surface area contributed by atoms with Gasteiger partial charge >= 0.3 is 0 Å². The van der Waals surface area contributed by atoms with E-state index in [-0.39, 0.29) is 11.4 Å². The summed E-state index contributed by atoms with van der Waals surface area (Å²) in [6, 6.07) is 16.7. The standard InChI is InChI=1S/C36H34FN9O/c1-38-14-11-36(46-20-27(19-43-46)33-30-8-13-40-34(30)42-23-41-33)21-45(22-36)28-9-15-44(16-10-28)35(47)26-4-6-29(31(37)18-26)24-5-7-32-25(17-24)3-2-12-39-32/h2-8,12-13,17-20,23,28H,1,9-11,14-16,21-22H2,(H,40,41,42). The highest BCUT2D eigenvalue weighted by Gasteiger charge is 2.48. The first-order valence-corrected chi connectivity index (χ1v) is 16.0. The van der Waals surface area contributed by atoms with Gasteiger partial charge in [0, 0.05) is 84.8 Å². The molecule has 0 saturated carbocycles. The van der Waals surface area contributed by atoms with Crippen molar-refractivity contribution in [3.63, 3.8) is 0 Å². The minimum atomic E-state index is -0.404. The molecule has 11 heteroatoms. The zero-order valence-corrected chi connectivity index (χ0v) is 25.9. The number of fused-ring (bicyclic) bond motifs is 2. The van der Waals surface area contributed by atoms with Crippen LogP contribution in [0.5, 0.6) is 0 Å². The van der Waals surface area contributed by atoms with Gasteiger partial charge in [0.25, 0.3) is 5.91 Å². The molecule has 0 bridgehead atoms. The third-order valence-electron chi connectivity index (χ3n) is 9.82. The van der Waals surface area contributed by atoms with Gasteiger partial charge in [-0.05, 0) is 67.9 Å². The summed E-state index contributed by atoms with van der Waals surface area (Å²) in [6.45, 7) is 7.33. The molecule has 8 rings (SSSR count). The average Bonchev–Trinajstić information content (AvgIpc) is 3.78. The van der Waals surface area contributed by atoms with Gasteiger partial charge in [-0.3, -0.25) is 19.4 Å². The molecule has 0 radical (unpaired) electrons. The molecule has 0 aliphatic carbocycles. The molecule has 47 heavy (non-hydrogen) atoms. The monoisotopic (exact) mass is 627 g/mol. The van der Waals surface area contributed by atoms with Crippen LogP contribution in [0.15, 0.2) is 90.7 Å². The second kappa shape index (κ2) is 11.8. The molecule has 236 valence electrons. The Kier molecular flexibility index (Phi) is 7.32. The molecule has 6 aromatic rings. The van der Waals surface area contributed by atoms with Crippen LogP contribution in [-0.4, -0.2) is 90.9 Å². The van der Waals surface area contributed by atoms with E-state index >= 15 is 4.39 Å². The van der Waals surface area contributed by atoms with Crippen LogP contribution in [0.4, 0.5) is 4.39 Å². The molecule has 2 aromatic carbocycles. The van der Waals surface area contributed by atoms with E-state index in [2.05, 4.69) is 47.4 Å². The number of carbonyl (C=O) groups is 1. The predicted molar refractivity (Wildman–Crippen MR) is 180 cm³/mol. The number of aliphatic imine (C=N–C) groups is 1. The number of pyridine rings is 1. The largest absolute Gasteiger partial charge is 0.346 e. The maximum atomic E-state index is 15.3. The number of piperidine rings is 1. The van der Waals surface area contributed by atoms with Crippen molar-refractivity contribution in [3.05, 3.63) is 97.1 Å². The summed E-state index contributed by atoms with van der Waals surface area (Å²) in [7, 11) is 0. The molecule has 0 spiro atoms. The summed E-state index contributed by atoms with van der Waals surface area (Å²) in [5.41, 5.74) is 4.89. The second-order valence-electron chi connectivity index (χ2n) is 12.6. The number of hydrogen-bond donors (Lipinski definition) is 1. The Labute approximate surface area is 271 Å². The molecule has 2 saturated heterocycles. The fourth-order valence-electron chi connectivity index (χ4n) is 7.22. The van der Waals surface area contributed by atoms with E-state index in [1.807, 2.05) is 53.7 Å². The summed E-state index contributed by atoms with van der Waals surface area (Å²) in [5.74, 6) is -0.532. The van der Waals surface area contributed by atoms with E-state index in [1.165, 1.54) is 6.07 Å². The first-order chi connectivity index (χ1) is 23.0. The van der Waals surface area contributed by atoms with Crippen molar-refractivity contribution < 1.29 is 9.18 Å². The number of aromatic nitrogens is 6. The van der Waals surface area contributed by atoms with Crippen molar-refractivity contribution in [2.75, 3.05) is 32.7 Å². The number of rotatable bonds is 8. The predicted octanol–water partition coefficient (Wildman–Crippen LogP) is 5.58. The Bertz CT molecular complexity index is 2110. The number of nitrogens with zero attached hydrogens (tertiary/aromatic N) is 8. The van der Waals surface area contributed by atoms with E-state index in [0.717, 1.165) is 71.1 Å². The number of benzene rings is 2. The highest BCUT2D eigenvalue weighted by Crippen LogP contribution is 2.38. The van der Waals surface area contributed by atoms with E-state index in [9.17, 15) is 4.79 Å². The van der Waals surface area contributed by atoms with Crippen LogP contribution in [0.25, 0.3) is 44.3 Å². The number of carbonyl (C=O) groups excluding carboxylic acids is 1. The van der Waals surface area contributed by atoms with Crippen LogP contribution in [0.3, 0.4) is 0 Å². The van der Waals surface area contributed by atoms with Crippen molar-refractivity contribution in [1.82, 2.24) is 39.5 Å². The number of hydrogen-bond acceptors (Lipinski definition) is 7. The maximum Gasteiger partial charge on any atom is 0.253 e. The van der Waals surface area contributed by atoms with Crippen molar-refractivity contribution >= 4 is 34.6 Å². The lowest BCUT2D eigenvalue weighted by Crippen LogP contribution is -2.66. The van der Waals surface area contributed by atoms with E-state index in [1.54, 1.807) is 24.7 Å². The third kappa shape index (κ3) is 5.26. The zero-order chi connectivity index (χ0) is 32.0. The molecule has 10 nitrogen and oxygen atoms in total. The molecule has 2 aliphatic heterocycles. The van der Waals surface area contributed by atoms with Crippen molar-refractivity contribution in [1.29, 1.82) is 0 Å². The lowest BCUT2D eigenvalue weighted by molar-refractivity contribution is -0.0469. The Hall–Kier alpha value is -5.29. The van der Waals surface area contributed by atoms with Gasteiger partial charge in [-0.1, -0.05) is 18.2 Å². The lowest BCUT2D eigenvalue weighted by atomic mass is 9.83. The maximum absolute atomic E-state index is 15.3. The van der Waals surface area contributed by atoms with Crippen molar-refractivity contribution in [2.45, 2.75) is 30.8 Å². The smallest absolute Gasteiger partial charge is 0.253 e. The molecule has 2 fully saturated rings. The molecular formula is C36H34FN9O. The molecule has 1 amide bonds. The number of amides is 1. The number of H-pyrrole nitrogens is 1. The topological polar surface area (TPSA) is 108 Å². The summed E-state index contributed by atoms with van der Waals surface area (Å²) in [6.07, 6.45) is 11.7. The molecule has 1 N–H and O–H groups in total. The fourth-order valence-corrected chi connectivity index (χ4v) is 7.22.